The Bertz CT molecular complexity index is 867. The third-order valence-corrected chi connectivity index (χ3v) is 4.00. The van der Waals surface area contributed by atoms with E-state index in [9.17, 15) is 27.2 Å². The second kappa shape index (κ2) is 6.74. The van der Waals surface area contributed by atoms with Gasteiger partial charge in [-0.05, 0) is 36.3 Å². The summed E-state index contributed by atoms with van der Waals surface area (Å²) in [5.41, 5.74) is -0.118. The van der Waals surface area contributed by atoms with Crippen LogP contribution < -0.4 is 0 Å². The SMILES string of the molecule is O=C1c2ccccc2C(=O)N1CC(F)=CCc1cccc(C(F)(F)F)c1. The number of alkyl halides is 3. The highest BCUT2D eigenvalue weighted by Crippen LogP contribution is 2.30. The number of carbonyl (C=O) groups excluding carboxylic acids is 2. The molecule has 3 nitrogen and oxygen atoms in total. The Morgan fingerprint density at radius 3 is 2.15 bits per heavy atom. The predicted octanol–water partition coefficient (Wildman–Crippen LogP) is 4.40. The summed E-state index contributed by atoms with van der Waals surface area (Å²) >= 11 is 0. The standard InChI is InChI=1S/C19H13F4NO2/c20-14(9-8-12-4-3-5-13(10-12)19(21,22)23)11-24-17(25)15-6-1-2-7-16(15)18(24)26/h1-7,9-10H,8,11H2. The molecular formula is C19H13F4NO2. The molecule has 26 heavy (non-hydrogen) atoms. The fraction of sp³-hybridized carbons (Fsp3) is 0.158. The molecule has 2 amide bonds. The molecule has 0 saturated heterocycles. The monoisotopic (exact) mass is 363 g/mol. The first-order chi connectivity index (χ1) is 12.3. The van der Waals surface area contributed by atoms with Gasteiger partial charge in [0.05, 0.1) is 23.2 Å². The number of benzene rings is 2. The van der Waals surface area contributed by atoms with Crippen molar-refractivity contribution in [2.75, 3.05) is 6.54 Å². The number of imide groups is 1. The molecule has 7 heteroatoms. The van der Waals surface area contributed by atoms with Gasteiger partial charge in [0.25, 0.3) is 11.8 Å². The van der Waals surface area contributed by atoms with E-state index in [0.717, 1.165) is 23.1 Å². The van der Waals surface area contributed by atoms with E-state index < -0.39 is 35.9 Å². The lowest BCUT2D eigenvalue weighted by Gasteiger charge is -2.12. The van der Waals surface area contributed by atoms with E-state index in [1.807, 2.05) is 0 Å². The second-order valence-electron chi connectivity index (χ2n) is 5.80. The third-order valence-electron chi connectivity index (χ3n) is 4.00. The van der Waals surface area contributed by atoms with Gasteiger partial charge in [0.1, 0.15) is 5.83 Å². The molecule has 3 rings (SSSR count). The quantitative estimate of drug-likeness (QED) is 0.597. The van der Waals surface area contributed by atoms with Gasteiger partial charge in [0.15, 0.2) is 0 Å². The molecule has 0 radical (unpaired) electrons. The normalized spacial score (nSPS) is 14.8. The molecule has 2 aromatic rings. The van der Waals surface area contributed by atoms with Crippen LogP contribution in [0.5, 0.6) is 0 Å². The molecule has 0 saturated carbocycles. The zero-order chi connectivity index (χ0) is 18.9. The van der Waals surface area contributed by atoms with Crippen molar-refractivity contribution in [3.05, 3.63) is 82.7 Å². The first kappa shape index (κ1) is 17.8. The van der Waals surface area contributed by atoms with Gasteiger partial charge in [0.2, 0.25) is 0 Å². The van der Waals surface area contributed by atoms with Crippen LogP contribution in [0.2, 0.25) is 0 Å². The molecule has 134 valence electrons. The smallest absolute Gasteiger partial charge is 0.269 e. The summed E-state index contributed by atoms with van der Waals surface area (Å²) in [6, 6.07) is 10.7. The van der Waals surface area contributed by atoms with Crippen LogP contribution >= 0.6 is 0 Å². The molecule has 1 aliphatic rings. The number of hydrogen-bond donors (Lipinski definition) is 0. The summed E-state index contributed by atoms with van der Waals surface area (Å²) in [6.45, 7) is -0.550. The van der Waals surface area contributed by atoms with Gasteiger partial charge in [-0.15, -0.1) is 0 Å². The minimum atomic E-state index is -4.47. The molecule has 1 aliphatic heterocycles. The van der Waals surface area contributed by atoms with Crippen molar-refractivity contribution in [3.63, 3.8) is 0 Å². The van der Waals surface area contributed by atoms with Gasteiger partial charge in [-0.1, -0.05) is 30.3 Å². The molecule has 0 N–H and O–H groups in total. The Morgan fingerprint density at radius 2 is 1.58 bits per heavy atom. The van der Waals surface area contributed by atoms with Gasteiger partial charge in [-0.25, -0.2) is 4.39 Å². The molecule has 0 fully saturated rings. The van der Waals surface area contributed by atoms with Crippen LogP contribution in [0.1, 0.15) is 31.8 Å². The van der Waals surface area contributed by atoms with E-state index in [4.69, 9.17) is 0 Å². The molecule has 1 heterocycles. The highest BCUT2D eigenvalue weighted by Gasteiger charge is 2.35. The van der Waals surface area contributed by atoms with Gasteiger partial charge < -0.3 is 0 Å². The number of nitrogens with zero attached hydrogens (tertiary/aromatic N) is 1. The van der Waals surface area contributed by atoms with E-state index in [1.165, 1.54) is 24.3 Å². The Morgan fingerprint density at radius 1 is 0.962 bits per heavy atom. The Balaban J connectivity index is 1.71. The van der Waals surface area contributed by atoms with Gasteiger partial charge in [-0.3, -0.25) is 14.5 Å². The summed E-state index contributed by atoms with van der Waals surface area (Å²) in [5.74, 6) is -1.95. The molecule has 2 aromatic carbocycles. The number of halogens is 4. The van der Waals surface area contributed by atoms with Crippen LogP contribution in [0, 0.1) is 0 Å². The largest absolute Gasteiger partial charge is 0.416 e. The summed E-state index contributed by atoms with van der Waals surface area (Å²) in [5, 5.41) is 0. The average Bonchev–Trinajstić information content (AvgIpc) is 2.85. The Kier molecular flexibility index (Phi) is 4.63. The highest BCUT2D eigenvalue weighted by molar-refractivity contribution is 6.21. The fourth-order valence-corrected chi connectivity index (χ4v) is 2.70. The van der Waals surface area contributed by atoms with Crippen molar-refractivity contribution in [2.24, 2.45) is 0 Å². The van der Waals surface area contributed by atoms with Crippen molar-refractivity contribution in [1.82, 2.24) is 4.90 Å². The molecule has 0 aromatic heterocycles. The number of amides is 2. The number of carbonyl (C=O) groups is 2. The van der Waals surface area contributed by atoms with E-state index in [0.29, 0.717) is 0 Å². The van der Waals surface area contributed by atoms with Crippen LogP contribution in [0.4, 0.5) is 17.6 Å². The lowest BCUT2D eigenvalue weighted by molar-refractivity contribution is -0.137. The third kappa shape index (κ3) is 3.51. The van der Waals surface area contributed by atoms with Gasteiger partial charge >= 0.3 is 6.18 Å². The zero-order valence-corrected chi connectivity index (χ0v) is 13.4. The highest BCUT2D eigenvalue weighted by atomic mass is 19.4. The molecule has 0 unspecified atom stereocenters. The minimum Gasteiger partial charge on any atom is -0.269 e. The molecule has 0 atom stereocenters. The summed E-state index contributed by atoms with van der Waals surface area (Å²) in [7, 11) is 0. The first-order valence-electron chi connectivity index (χ1n) is 7.73. The van der Waals surface area contributed by atoms with Crippen LogP contribution in [-0.2, 0) is 12.6 Å². The first-order valence-corrected chi connectivity index (χ1v) is 7.73. The average molecular weight is 363 g/mol. The second-order valence-corrected chi connectivity index (χ2v) is 5.80. The lowest BCUT2D eigenvalue weighted by atomic mass is 10.1. The van der Waals surface area contributed by atoms with E-state index >= 15 is 0 Å². The van der Waals surface area contributed by atoms with Crippen molar-refractivity contribution >= 4 is 11.8 Å². The van der Waals surface area contributed by atoms with Gasteiger partial charge in [0, 0.05) is 0 Å². The zero-order valence-electron chi connectivity index (χ0n) is 13.4. The maximum absolute atomic E-state index is 14.1. The number of allylic oxidation sites excluding steroid dienone is 1. The van der Waals surface area contributed by atoms with Crippen molar-refractivity contribution in [2.45, 2.75) is 12.6 Å². The summed E-state index contributed by atoms with van der Waals surface area (Å²) in [6.07, 6.45) is -3.49. The summed E-state index contributed by atoms with van der Waals surface area (Å²) < 4.78 is 52.2. The van der Waals surface area contributed by atoms with Crippen molar-refractivity contribution < 1.29 is 27.2 Å². The van der Waals surface area contributed by atoms with Crippen LogP contribution in [0.15, 0.2) is 60.4 Å². The number of hydrogen-bond acceptors (Lipinski definition) is 2. The van der Waals surface area contributed by atoms with Crippen LogP contribution in [-0.4, -0.2) is 23.3 Å². The van der Waals surface area contributed by atoms with E-state index in [1.54, 1.807) is 12.1 Å². The van der Waals surface area contributed by atoms with E-state index in [2.05, 4.69) is 0 Å². The summed E-state index contributed by atoms with van der Waals surface area (Å²) in [4.78, 5) is 25.1. The number of fused-ring (bicyclic) bond motifs is 1. The van der Waals surface area contributed by atoms with Gasteiger partial charge in [-0.2, -0.15) is 13.2 Å². The number of rotatable bonds is 4. The topological polar surface area (TPSA) is 37.4 Å². The maximum Gasteiger partial charge on any atom is 0.416 e. The Labute approximate surface area is 146 Å². The minimum absolute atomic E-state index is 0.0844. The molecule has 0 aliphatic carbocycles. The van der Waals surface area contributed by atoms with Crippen LogP contribution in [0.25, 0.3) is 0 Å². The molecule has 0 bridgehead atoms. The maximum atomic E-state index is 14.1. The van der Waals surface area contributed by atoms with Crippen molar-refractivity contribution in [3.8, 4) is 0 Å². The van der Waals surface area contributed by atoms with Crippen LogP contribution in [0.3, 0.4) is 0 Å². The molecular weight excluding hydrogens is 350 g/mol. The van der Waals surface area contributed by atoms with Crippen molar-refractivity contribution in [1.29, 1.82) is 0 Å². The Hall–Kier alpha value is -2.96. The predicted molar refractivity (Wildman–Crippen MR) is 86.1 cm³/mol. The fourth-order valence-electron chi connectivity index (χ4n) is 2.70. The lowest BCUT2D eigenvalue weighted by Crippen LogP contribution is -2.31. The van der Waals surface area contributed by atoms with E-state index in [-0.39, 0.29) is 23.1 Å². The molecule has 0 spiro atoms.